The number of aliphatic imine (C=N–C) groups is 1. The maximum atomic E-state index is 12.4. The summed E-state index contributed by atoms with van der Waals surface area (Å²) in [5, 5.41) is 5.84. The molecule has 0 radical (unpaired) electrons. The lowest BCUT2D eigenvalue weighted by molar-refractivity contribution is -0.123. The molecule has 0 aromatic heterocycles. The van der Waals surface area contributed by atoms with Gasteiger partial charge in [0.25, 0.3) is 10.0 Å². The van der Waals surface area contributed by atoms with Crippen molar-refractivity contribution in [1.82, 2.24) is 10.0 Å². The third-order valence-electron chi connectivity index (χ3n) is 4.14. The maximum absolute atomic E-state index is 12.4. The molecule has 1 amide bonds. The van der Waals surface area contributed by atoms with Gasteiger partial charge in [0.1, 0.15) is 11.9 Å². The van der Waals surface area contributed by atoms with E-state index in [2.05, 4.69) is 20.3 Å². The summed E-state index contributed by atoms with van der Waals surface area (Å²) < 4.78 is 32.8. The molecule has 0 saturated carbocycles. The van der Waals surface area contributed by atoms with Crippen LogP contribution in [0.5, 0.6) is 0 Å². The molecule has 1 fully saturated rings. The molecule has 9 heteroatoms. The van der Waals surface area contributed by atoms with Gasteiger partial charge in [0.15, 0.2) is 0 Å². The molecule has 3 rings (SSSR count). The molecule has 2 aliphatic rings. The minimum absolute atomic E-state index is 0.0841. The van der Waals surface area contributed by atoms with Crippen molar-refractivity contribution in [1.29, 1.82) is 0 Å². The minimum atomic E-state index is -3.71. The Morgan fingerprint density at radius 3 is 2.96 bits per heavy atom. The fourth-order valence-corrected chi connectivity index (χ4v) is 3.96. The average molecular weight is 366 g/mol. The standard InChI is InChI=1S/C16H22N4O4S/c1-11-15(18-8-9-24-11)16(21)19-12-4-2-5-13(10-12)25(22,23)20-14-6-3-7-17-14/h2,4-5,10-11,15,18H,3,6-9H2,1H3,(H,17,20)(H,19,21)/t11-,15+/m1/s1. The van der Waals surface area contributed by atoms with Crippen LogP contribution < -0.4 is 15.4 Å². The number of anilines is 1. The molecule has 2 atom stereocenters. The molecule has 0 bridgehead atoms. The SMILES string of the molecule is C[C@H]1OCCN[C@@H]1C(=O)Nc1cccc(S(=O)(=O)NC2=NCCC2)c1. The molecular formula is C16H22N4O4S. The summed E-state index contributed by atoms with van der Waals surface area (Å²) in [6.07, 6.45) is 1.23. The van der Waals surface area contributed by atoms with Crippen LogP contribution in [-0.2, 0) is 19.6 Å². The van der Waals surface area contributed by atoms with Gasteiger partial charge in [-0.15, -0.1) is 0 Å². The number of nitrogens with one attached hydrogen (secondary N) is 3. The first-order valence-electron chi connectivity index (χ1n) is 8.28. The highest BCUT2D eigenvalue weighted by atomic mass is 32.2. The van der Waals surface area contributed by atoms with Gasteiger partial charge < -0.3 is 15.4 Å². The van der Waals surface area contributed by atoms with Crippen molar-refractivity contribution in [2.24, 2.45) is 4.99 Å². The third-order valence-corrected chi connectivity index (χ3v) is 5.52. The second kappa shape index (κ2) is 7.51. The highest BCUT2D eigenvalue weighted by molar-refractivity contribution is 7.90. The lowest BCUT2D eigenvalue weighted by atomic mass is 10.1. The summed E-state index contributed by atoms with van der Waals surface area (Å²) in [6.45, 7) is 3.63. The Balaban J connectivity index is 1.71. The number of amidine groups is 1. The number of hydrogen-bond donors (Lipinski definition) is 3. The van der Waals surface area contributed by atoms with Crippen LogP contribution in [-0.4, -0.2) is 52.0 Å². The Labute approximate surface area is 147 Å². The number of amides is 1. The maximum Gasteiger partial charge on any atom is 0.262 e. The van der Waals surface area contributed by atoms with Gasteiger partial charge in [-0.25, -0.2) is 8.42 Å². The second-order valence-electron chi connectivity index (χ2n) is 6.06. The molecule has 1 saturated heterocycles. The Morgan fingerprint density at radius 2 is 2.24 bits per heavy atom. The van der Waals surface area contributed by atoms with Gasteiger partial charge >= 0.3 is 0 Å². The first kappa shape index (κ1) is 17.8. The molecule has 8 nitrogen and oxygen atoms in total. The van der Waals surface area contributed by atoms with E-state index in [4.69, 9.17) is 4.74 Å². The van der Waals surface area contributed by atoms with E-state index in [1.165, 1.54) is 12.1 Å². The molecule has 136 valence electrons. The van der Waals surface area contributed by atoms with Gasteiger partial charge in [0.05, 0.1) is 17.6 Å². The van der Waals surface area contributed by atoms with Gasteiger partial charge in [-0.1, -0.05) is 6.07 Å². The molecule has 2 aliphatic heterocycles. The molecular weight excluding hydrogens is 344 g/mol. The number of morpholine rings is 1. The molecule has 1 aromatic rings. The number of hydrogen-bond acceptors (Lipinski definition) is 6. The molecule has 2 heterocycles. The molecule has 0 unspecified atom stereocenters. The summed E-state index contributed by atoms with van der Waals surface area (Å²) in [7, 11) is -3.71. The zero-order valence-electron chi connectivity index (χ0n) is 14.0. The smallest absolute Gasteiger partial charge is 0.262 e. The van der Waals surface area contributed by atoms with Crippen LogP contribution in [0.1, 0.15) is 19.8 Å². The van der Waals surface area contributed by atoms with Crippen LogP contribution in [0.25, 0.3) is 0 Å². The topological polar surface area (TPSA) is 109 Å². The van der Waals surface area contributed by atoms with Crippen LogP contribution >= 0.6 is 0 Å². The summed E-state index contributed by atoms with van der Waals surface area (Å²) in [5.74, 6) is 0.224. The third kappa shape index (κ3) is 4.36. The summed E-state index contributed by atoms with van der Waals surface area (Å²) >= 11 is 0. The second-order valence-corrected chi connectivity index (χ2v) is 7.74. The number of carbonyl (C=O) groups excluding carboxylic acids is 1. The Hall–Kier alpha value is -1.97. The average Bonchev–Trinajstić information content (AvgIpc) is 3.07. The number of nitrogens with zero attached hydrogens (tertiary/aromatic N) is 1. The van der Waals surface area contributed by atoms with E-state index in [-0.39, 0.29) is 16.9 Å². The van der Waals surface area contributed by atoms with Gasteiger partial charge in [0, 0.05) is 25.2 Å². The lowest BCUT2D eigenvalue weighted by Crippen LogP contribution is -2.53. The monoisotopic (exact) mass is 366 g/mol. The van der Waals surface area contributed by atoms with Crippen molar-refractivity contribution >= 4 is 27.5 Å². The fourth-order valence-electron chi connectivity index (χ4n) is 2.83. The molecule has 0 spiro atoms. The van der Waals surface area contributed by atoms with E-state index in [0.717, 1.165) is 6.42 Å². The van der Waals surface area contributed by atoms with Gasteiger partial charge in [-0.2, -0.15) is 0 Å². The molecule has 25 heavy (non-hydrogen) atoms. The summed E-state index contributed by atoms with van der Waals surface area (Å²) in [4.78, 5) is 16.6. The zero-order chi connectivity index (χ0) is 17.9. The van der Waals surface area contributed by atoms with Crippen molar-refractivity contribution < 1.29 is 17.9 Å². The number of rotatable bonds is 4. The van der Waals surface area contributed by atoms with Crippen molar-refractivity contribution in [2.45, 2.75) is 36.8 Å². The summed E-state index contributed by atoms with van der Waals surface area (Å²) in [6, 6.07) is 5.69. The molecule has 0 aliphatic carbocycles. The Morgan fingerprint density at radius 1 is 1.40 bits per heavy atom. The van der Waals surface area contributed by atoms with E-state index in [9.17, 15) is 13.2 Å². The van der Waals surface area contributed by atoms with Crippen LogP contribution in [0, 0.1) is 0 Å². The normalized spacial score (nSPS) is 23.8. The predicted octanol–water partition coefficient (Wildman–Crippen LogP) is 0.473. The van der Waals surface area contributed by atoms with Gasteiger partial charge in [0.2, 0.25) is 5.91 Å². The Bertz CT molecular complexity index is 778. The molecule has 3 N–H and O–H groups in total. The van der Waals surface area contributed by atoms with E-state index < -0.39 is 16.1 Å². The van der Waals surface area contributed by atoms with Crippen molar-refractivity contribution in [2.75, 3.05) is 25.0 Å². The molecule has 1 aromatic carbocycles. The lowest BCUT2D eigenvalue weighted by Gasteiger charge is -2.29. The first-order chi connectivity index (χ1) is 12.0. The first-order valence-corrected chi connectivity index (χ1v) is 9.76. The number of benzene rings is 1. The summed E-state index contributed by atoms with van der Waals surface area (Å²) in [5.41, 5.74) is 0.417. The quantitative estimate of drug-likeness (QED) is 0.718. The minimum Gasteiger partial charge on any atom is -0.375 e. The van der Waals surface area contributed by atoms with Crippen molar-refractivity contribution in [3.05, 3.63) is 24.3 Å². The number of sulfonamides is 1. The van der Waals surface area contributed by atoms with Crippen LogP contribution in [0.2, 0.25) is 0 Å². The van der Waals surface area contributed by atoms with Crippen molar-refractivity contribution in [3.63, 3.8) is 0 Å². The Kier molecular flexibility index (Phi) is 5.36. The van der Waals surface area contributed by atoms with E-state index in [1.54, 1.807) is 12.1 Å². The van der Waals surface area contributed by atoms with Crippen molar-refractivity contribution in [3.8, 4) is 0 Å². The van der Waals surface area contributed by atoms with E-state index in [1.807, 2.05) is 6.92 Å². The number of ether oxygens (including phenoxy) is 1. The zero-order valence-corrected chi connectivity index (χ0v) is 14.8. The van der Waals surface area contributed by atoms with Gasteiger partial charge in [-0.05, 0) is 31.5 Å². The highest BCUT2D eigenvalue weighted by Crippen LogP contribution is 2.17. The van der Waals surface area contributed by atoms with Crippen LogP contribution in [0.4, 0.5) is 5.69 Å². The van der Waals surface area contributed by atoms with E-state index >= 15 is 0 Å². The van der Waals surface area contributed by atoms with Gasteiger partial charge in [-0.3, -0.25) is 14.5 Å². The van der Waals surface area contributed by atoms with Crippen LogP contribution in [0.3, 0.4) is 0 Å². The predicted molar refractivity (Wildman–Crippen MR) is 94.1 cm³/mol. The number of carbonyl (C=O) groups is 1. The largest absolute Gasteiger partial charge is 0.375 e. The van der Waals surface area contributed by atoms with E-state index in [0.29, 0.717) is 37.6 Å². The highest BCUT2D eigenvalue weighted by Gasteiger charge is 2.28. The fraction of sp³-hybridized carbons (Fsp3) is 0.500. The van der Waals surface area contributed by atoms with Crippen LogP contribution in [0.15, 0.2) is 34.2 Å².